The molecular formula is C4H8FNO2. The van der Waals surface area contributed by atoms with Crippen molar-refractivity contribution in [1.29, 1.82) is 0 Å². The summed E-state index contributed by atoms with van der Waals surface area (Å²) in [5.41, 5.74) is 0. The average molecular weight is 121 g/mol. The van der Waals surface area contributed by atoms with Crippen molar-refractivity contribution in [2.75, 3.05) is 13.7 Å². The average Bonchev–Trinajstić information content (AvgIpc) is 1.69. The number of likely N-dealkylation sites (N-methyl/N-ethyl adjacent to an activating group) is 1. The highest BCUT2D eigenvalue weighted by molar-refractivity contribution is 5.73. The highest BCUT2D eigenvalue weighted by Gasteiger charge is 2.12. The number of alkyl halides is 1. The Labute approximate surface area is 46.5 Å². The Balaban J connectivity index is 3.52. The molecule has 0 saturated carbocycles. The van der Waals surface area contributed by atoms with E-state index in [1.807, 2.05) is 0 Å². The summed E-state index contributed by atoms with van der Waals surface area (Å²) in [6, 6.07) is -1.05. The van der Waals surface area contributed by atoms with Crippen LogP contribution in [0.5, 0.6) is 0 Å². The molecule has 0 fully saturated rings. The number of hydrogen-bond donors (Lipinski definition) is 2. The third-order valence-corrected chi connectivity index (χ3v) is 0.801. The first-order chi connectivity index (χ1) is 3.72. The molecule has 0 bridgehead atoms. The van der Waals surface area contributed by atoms with Crippen molar-refractivity contribution < 1.29 is 14.3 Å². The lowest BCUT2D eigenvalue weighted by molar-refractivity contribution is -0.139. The summed E-state index contributed by atoms with van der Waals surface area (Å²) in [5, 5.41) is 10.3. The van der Waals surface area contributed by atoms with Gasteiger partial charge in [-0.3, -0.25) is 4.79 Å². The predicted octanol–water partition coefficient (Wildman–Crippen LogP) is -0.372. The summed E-state index contributed by atoms with van der Waals surface area (Å²) in [7, 11) is 1.40. The van der Waals surface area contributed by atoms with Gasteiger partial charge in [0.1, 0.15) is 12.7 Å². The zero-order chi connectivity index (χ0) is 6.57. The van der Waals surface area contributed by atoms with Gasteiger partial charge in [-0.15, -0.1) is 0 Å². The fourth-order valence-electron chi connectivity index (χ4n) is 0.267. The van der Waals surface area contributed by atoms with Crippen LogP contribution in [0.25, 0.3) is 0 Å². The number of hydrogen-bond acceptors (Lipinski definition) is 2. The van der Waals surface area contributed by atoms with E-state index >= 15 is 0 Å². The van der Waals surface area contributed by atoms with E-state index in [0.717, 1.165) is 0 Å². The summed E-state index contributed by atoms with van der Waals surface area (Å²) in [6.45, 7) is -0.869. The van der Waals surface area contributed by atoms with Crippen molar-refractivity contribution in [2.45, 2.75) is 6.04 Å². The molecule has 0 unspecified atom stereocenters. The molecule has 0 aromatic carbocycles. The molecule has 0 rings (SSSR count). The van der Waals surface area contributed by atoms with Gasteiger partial charge < -0.3 is 10.4 Å². The van der Waals surface area contributed by atoms with Crippen LogP contribution in [0.1, 0.15) is 0 Å². The van der Waals surface area contributed by atoms with Crippen molar-refractivity contribution in [3.63, 3.8) is 0 Å². The SMILES string of the molecule is CN[C@@H](CF)C(=O)O. The van der Waals surface area contributed by atoms with E-state index in [9.17, 15) is 9.18 Å². The summed E-state index contributed by atoms with van der Waals surface area (Å²) in [5.74, 6) is -1.16. The van der Waals surface area contributed by atoms with Gasteiger partial charge in [0, 0.05) is 0 Å². The molecule has 8 heavy (non-hydrogen) atoms. The van der Waals surface area contributed by atoms with E-state index < -0.39 is 18.7 Å². The normalized spacial score (nSPS) is 13.2. The molecule has 0 saturated heterocycles. The van der Waals surface area contributed by atoms with Gasteiger partial charge >= 0.3 is 5.97 Å². The second-order valence-electron chi connectivity index (χ2n) is 1.33. The molecule has 2 N–H and O–H groups in total. The molecule has 3 nitrogen and oxygen atoms in total. The number of carboxylic acid groups (broad SMARTS) is 1. The lowest BCUT2D eigenvalue weighted by Crippen LogP contribution is -2.35. The molecule has 0 heterocycles. The molecule has 0 aromatic heterocycles. The Morgan fingerprint density at radius 3 is 2.50 bits per heavy atom. The maximum atomic E-state index is 11.5. The molecule has 0 amide bonds. The number of carbonyl (C=O) groups is 1. The fraction of sp³-hybridized carbons (Fsp3) is 0.750. The van der Waals surface area contributed by atoms with Crippen LogP contribution < -0.4 is 5.32 Å². The number of aliphatic carboxylic acids is 1. The predicted molar refractivity (Wildman–Crippen MR) is 26.5 cm³/mol. The first-order valence-corrected chi connectivity index (χ1v) is 2.18. The number of halogens is 1. The molecule has 0 spiro atoms. The largest absolute Gasteiger partial charge is 0.480 e. The Kier molecular flexibility index (Phi) is 3.10. The summed E-state index contributed by atoms with van der Waals surface area (Å²) < 4.78 is 11.5. The van der Waals surface area contributed by atoms with Crippen LogP contribution in [0.4, 0.5) is 4.39 Å². The van der Waals surface area contributed by atoms with E-state index in [1.54, 1.807) is 0 Å². The second-order valence-corrected chi connectivity index (χ2v) is 1.33. The standard InChI is InChI=1S/C4H8FNO2/c1-6-3(2-5)4(7)8/h3,6H,2H2,1H3,(H,7,8)/t3-/m0/s1. The van der Waals surface area contributed by atoms with Crippen molar-refractivity contribution in [3.8, 4) is 0 Å². The van der Waals surface area contributed by atoms with Crippen LogP contribution in [0.3, 0.4) is 0 Å². The van der Waals surface area contributed by atoms with Gasteiger partial charge in [0.05, 0.1) is 0 Å². The van der Waals surface area contributed by atoms with Crippen molar-refractivity contribution in [3.05, 3.63) is 0 Å². The number of rotatable bonds is 3. The maximum Gasteiger partial charge on any atom is 0.323 e. The fourth-order valence-corrected chi connectivity index (χ4v) is 0.267. The minimum absolute atomic E-state index is 0.869. The molecule has 4 heteroatoms. The lowest BCUT2D eigenvalue weighted by atomic mass is 10.3. The molecule has 0 aliphatic rings. The highest BCUT2D eigenvalue weighted by atomic mass is 19.1. The van der Waals surface area contributed by atoms with Crippen LogP contribution in [0.2, 0.25) is 0 Å². The second kappa shape index (κ2) is 3.37. The van der Waals surface area contributed by atoms with Crippen LogP contribution in [-0.2, 0) is 4.79 Å². The van der Waals surface area contributed by atoms with Crippen LogP contribution in [-0.4, -0.2) is 30.8 Å². The minimum atomic E-state index is -1.16. The van der Waals surface area contributed by atoms with Gasteiger partial charge in [-0.05, 0) is 7.05 Å². The molecule has 1 atom stereocenters. The first-order valence-electron chi connectivity index (χ1n) is 2.18. The molecule has 0 aliphatic carbocycles. The molecule has 0 radical (unpaired) electrons. The lowest BCUT2D eigenvalue weighted by Gasteiger charge is -2.02. The van der Waals surface area contributed by atoms with Crippen LogP contribution >= 0.6 is 0 Å². The van der Waals surface area contributed by atoms with Crippen LogP contribution in [0.15, 0.2) is 0 Å². The van der Waals surface area contributed by atoms with E-state index in [-0.39, 0.29) is 0 Å². The third kappa shape index (κ3) is 1.88. The minimum Gasteiger partial charge on any atom is -0.480 e. The molecule has 0 aromatic rings. The summed E-state index contributed by atoms with van der Waals surface area (Å²) >= 11 is 0. The smallest absolute Gasteiger partial charge is 0.323 e. The van der Waals surface area contributed by atoms with E-state index in [0.29, 0.717) is 0 Å². The van der Waals surface area contributed by atoms with Gasteiger partial charge in [0.2, 0.25) is 0 Å². The van der Waals surface area contributed by atoms with Crippen LogP contribution in [0, 0.1) is 0 Å². The van der Waals surface area contributed by atoms with Crippen molar-refractivity contribution in [1.82, 2.24) is 5.32 Å². The van der Waals surface area contributed by atoms with Gasteiger partial charge in [0.25, 0.3) is 0 Å². The Morgan fingerprint density at radius 2 is 2.50 bits per heavy atom. The van der Waals surface area contributed by atoms with Gasteiger partial charge in [-0.25, -0.2) is 4.39 Å². The van der Waals surface area contributed by atoms with Gasteiger partial charge in [-0.1, -0.05) is 0 Å². The molecular weight excluding hydrogens is 113 g/mol. The summed E-state index contributed by atoms with van der Waals surface area (Å²) in [4.78, 5) is 9.86. The zero-order valence-corrected chi connectivity index (χ0v) is 4.52. The Bertz CT molecular complexity index is 82.1. The van der Waals surface area contributed by atoms with Crippen molar-refractivity contribution in [2.24, 2.45) is 0 Å². The van der Waals surface area contributed by atoms with Gasteiger partial charge in [-0.2, -0.15) is 0 Å². The molecule has 0 aliphatic heterocycles. The van der Waals surface area contributed by atoms with E-state index in [2.05, 4.69) is 5.32 Å². The topological polar surface area (TPSA) is 49.3 Å². The summed E-state index contributed by atoms with van der Waals surface area (Å²) in [6.07, 6.45) is 0. The molecule has 48 valence electrons. The number of carboxylic acids is 1. The third-order valence-electron chi connectivity index (χ3n) is 0.801. The van der Waals surface area contributed by atoms with Crippen molar-refractivity contribution >= 4 is 5.97 Å². The first kappa shape index (κ1) is 7.36. The maximum absolute atomic E-state index is 11.5. The van der Waals surface area contributed by atoms with E-state index in [4.69, 9.17) is 5.11 Å². The van der Waals surface area contributed by atoms with Gasteiger partial charge in [0.15, 0.2) is 0 Å². The van der Waals surface area contributed by atoms with E-state index in [1.165, 1.54) is 7.05 Å². The monoisotopic (exact) mass is 121 g/mol. The Morgan fingerprint density at radius 1 is 2.00 bits per heavy atom. The quantitative estimate of drug-likeness (QED) is 0.535. The number of nitrogens with one attached hydrogen (secondary N) is 1. The highest BCUT2D eigenvalue weighted by Crippen LogP contribution is 1.81. The Hall–Kier alpha value is -0.640. The zero-order valence-electron chi connectivity index (χ0n) is 4.52.